The number of hydrogen-bond donors (Lipinski definition) is 2. The van der Waals surface area contributed by atoms with E-state index in [1.165, 1.54) is 0 Å². The topological polar surface area (TPSA) is 64.4 Å². The Balaban J connectivity index is 0.00000176. The Labute approximate surface area is 142 Å². The summed E-state index contributed by atoms with van der Waals surface area (Å²) in [6, 6.07) is 5.62. The summed E-state index contributed by atoms with van der Waals surface area (Å²) in [6.07, 6.45) is 2.87. The molecule has 22 heavy (non-hydrogen) atoms. The van der Waals surface area contributed by atoms with Crippen LogP contribution in [0.15, 0.2) is 18.2 Å². The molecular weight excluding hydrogens is 320 g/mol. The van der Waals surface area contributed by atoms with Crippen LogP contribution in [0.5, 0.6) is 5.75 Å². The number of hydrogen-bond acceptors (Lipinski definition) is 4. The minimum atomic E-state index is -0.288. The summed E-state index contributed by atoms with van der Waals surface area (Å²) >= 11 is 1.76. The van der Waals surface area contributed by atoms with E-state index in [-0.39, 0.29) is 35.2 Å². The Bertz CT molecular complexity index is 559. The molecule has 3 rings (SSSR count). The Morgan fingerprint density at radius 2 is 2.23 bits per heavy atom. The fraction of sp³-hybridized carbons (Fsp3) is 0.562. The van der Waals surface area contributed by atoms with Gasteiger partial charge in [0, 0.05) is 17.7 Å². The van der Waals surface area contributed by atoms with Gasteiger partial charge < -0.3 is 15.8 Å². The molecule has 0 spiro atoms. The van der Waals surface area contributed by atoms with Crippen LogP contribution in [0.3, 0.4) is 0 Å². The number of thioether (sulfide) groups is 1. The van der Waals surface area contributed by atoms with Gasteiger partial charge in [-0.2, -0.15) is 0 Å². The van der Waals surface area contributed by atoms with E-state index in [4.69, 9.17) is 10.5 Å². The summed E-state index contributed by atoms with van der Waals surface area (Å²) in [5.41, 5.74) is 7.30. The van der Waals surface area contributed by atoms with Gasteiger partial charge in [0.25, 0.3) is 0 Å². The number of nitrogen functional groups attached to an aromatic ring is 1. The third-order valence-electron chi connectivity index (χ3n) is 4.03. The Morgan fingerprint density at radius 1 is 1.45 bits per heavy atom. The molecule has 0 aromatic heterocycles. The number of rotatable bonds is 2. The lowest BCUT2D eigenvalue weighted by Crippen LogP contribution is -2.43. The van der Waals surface area contributed by atoms with E-state index >= 15 is 0 Å². The third-order valence-corrected chi connectivity index (χ3v) is 5.41. The summed E-state index contributed by atoms with van der Waals surface area (Å²) in [5.74, 6) is 2.05. The number of amides is 1. The molecule has 1 aromatic rings. The zero-order valence-electron chi connectivity index (χ0n) is 12.9. The molecule has 0 bridgehead atoms. The second-order valence-electron chi connectivity index (χ2n) is 6.43. The standard InChI is InChI=1S/C16H22N2O2S.ClH/c1-16(2)9-12(18-15(19)14-4-3-7-21-14)11-8-10(17)5-6-13(11)20-16;/h5-6,8,12,14H,3-4,7,9,17H2,1-2H3,(H,18,19);1H. The van der Waals surface area contributed by atoms with Crippen LogP contribution in [0.4, 0.5) is 5.69 Å². The van der Waals surface area contributed by atoms with E-state index < -0.39 is 0 Å². The minimum Gasteiger partial charge on any atom is -0.487 e. The highest BCUT2D eigenvalue weighted by Gasteiger charge is 2.36. The minimum absolute atomic E-state index is 0. The van der Waals surface area contributed by atoms with Gasteiger partial charge in [-0.25, -0.2) is 0 Å². The number of ether oxygens (including phenoxy) is 1. The summed E-state index contributed by atoms with van der Waals surface area (Å²) in [5, 5.41) is 3.30. The molecule has 2 heterocycles. The lowest BCUT2D eigenvalue weighted by molar-refractivity contribution is -0.121. The molecule has 2 aliphatic heterocycles. The summed E-state index contributed by atoms with van der Waals surface area (Å²) in [7, 11) is 0. The smallest absolute Gasteiger partial charge is 0.233 e. The Kier molecular flexibility index (Phi) is 5.17. The number of halogens is 1. The van der Waals surface area contributed by atoms with Crippen LogP contribution in [0.25, 0.3) is 0 Å². The first-order chi connectivity index (χ1) is 9.94. The highest BCUT2D eigenvalue weighted by Crippen LogP contribution is 2.40. The van der Waals surface area contributed by atoms with Crippen molar-refractivity contribution in [3.63, 3.8) is 0 Å². The van der Waals surface area contributed by atoms with Crippen molar-refractivity contribution in [1.29, 1.82) is 0 Å². The second-order valence-corrected chi connectivity index (χ2v) is 7.74. The Hall–Kier alpha value is -1.07. The van der Waals surface area contributed by atoms with Crippen LogP contribution in [0.1, 0.15) is 44.7 Å². The summed E-state index contributed by atoms with van der Waals surface area (Å²) < 4.78 is 6.00. The third kappa shape index (κ3) is 3.63. The fourth-order valence-electron chi connectivity index (χ4n) is 3.05. The van der Waals surface area contributed by atoms with Crippen molar-refractivity contribution in [2.75, 3.05) is 11.5 Å². The molecule has 0 aliphatic carbocycles. The van der Waals surface area contributed by atoms with Gasteiger partial charge in [-0.15, -0.1) is 24.2 Å². The molecule has 0 saturated carbocycles. The van der Waals surface area contributed by atoms with Gasteiger partial charge in [-0.1, -0.05) is 0 Å². The molecule has 1 fully saturated rings. The van der Waals surface area contributed by atoms with E-state index in [9.17, 15) is 4.79 Å². The van der Waals surface area contributed by atoms with Gasteiger partial charge in [-0.3, -0.25) is 4.79 Å². The van der Waals surface area contributed by atoms with E-state index in [0.717, 1.165) is 36.3 Å². The van der Waals surface area contributed by atoms with Crippen LogP contribution in [0, 0.1) is 0 Å². The number of nitrogens with one attached hydrogen (secondary N) is 1. The molecule has 4 nitrogen and oxygen atoms in total. The van der Waals surface area contributed by atoms with E-state index in [1.807, 2.05) is 18.2 Å². The van der Waals surface area contributed by atoms with Gasteiger partial charge in [0.2, 0.25) is 5.91 Å². The second kappa shape index (κ2) is 6.59. The van der Waals surface area contributed by atoms with Crippen LogP contribution >= 0.6 is 24.2 Å². The predicted octanol–water partition coefficient (Wildman–Crippen LogP) is 3.30. The van der Waals surface area contributed by atoms with Gasteiger partial charge in [0.05, 0.1) is 11.3 Å². The Morgan fingerprint density at radius 3 is 2.91 bits per heavy atom. The molecule has 6 heteroatoms. The van der Waals surface area contributed by atoms with E-state index in [2.05, 4.69) is 19.2 Å². The number of carbonyl (C=O) groups is 1. The molecule has 2 aliphatic rings. The molecule has 1 saturated heterocycles. The monoisotopic (exact) mass is 342 g/mol. The summed E-state index contributed by atoms with van der Waals surface area (Å²) in [4.78, 5) is 12.4. The number of nitrogens with two attached hydrogens (primary N) is 1. The van der Waals surface area contributed by atoms with Crippen molar-refractivity contribution >= 4 is 35.8 Å². The zero-order chi connectivity index (χ0) is 15.0. The highest BCUT2D eigenvalue weighted by molar-refractivity contribution is 8.00. The summed E-state index contributed by atoms with van der Waals surface area (Å²) in [6.45, 7) is 4.10. The van der Waals surface area contributed by atoms with Crippen molar-refractivity contribution in [1.82, 2.24) is 5.32 Å². The van der Waals surface area contributed by atoms with Crippen molar-refractivity contribution in [2.45, 2.75) is 50.0 Å². The van der Waals surface area contributed by atoms with Crippen molar-refractivity contribution < 1.29 is 9.53 Å². The molecule has 0 radical (unpaired) electrons. The lowest BCUT2D eigenvalue weighted by atomic mass is 9.89. The van der Waals surface area contributed by atoms with Crippen LogP contribution in [-0.2, 0) is 4.79 Å². The normalized spacial score (nSPS) is 25.5. The van der Waals surface area contributed by atoms with Crippen molar-refractivity contribution in [2.24, 2.45) is 0 Å². The maximum absolute atomic E-state index is 12.4. The number of benzene rings is 1. The lowest BCUT2D eigenvalue weighted by Gasteiger charge is -2.38. The number of fused-ring (bicyclic) bond motifs is 1. The molecule has 1 amide bonds. The maximum atomic E-state index is 12.4. The van der Waals surface area contributed by atoms with E-state index in [0.29, 0.717) is 5.69 Å². The zero-order valence-corrected chi connectivity index (χ0v) is 14.6. The van der Waals surface area contributed by atoms with Crippen LogP contribution < -0.4 is 15.8 Å². The maximum Gasteiger partial charge on any atom is 0.233 e. The molecule has 1 aromatic carbocycles. The van der Waals surface area contributed by atoms with Gasteiger partial charge in [-0.05, 0) is 50.6 Å². The average Bonchev–Trinajstić information content (AvgIpc) is 2.93. The van der Waals surface area contributed by atoms with Crippen LogP contribution in [0.2, 0.25) is 0 Å². The first-order valence-corrected chi connectivity index (χ1v) is 8.50. The molecular formula is C16H23ClN2O2S. The first kappa shape index (κ1) is 17.3. The van der Waals surface area contributed by atoms with Crippen molar-refractivity contribution in [3.8, 4) is 5.75 Å². The van der Waals surface area contributed by atoms with Gasteiger partial charge in [0.15, 0.2) is 0 Å². The molecule has 2 atom stereocenters. The van der Waals surface area contributed by atoms with Gasteiger partial charge >= 0.3 is 0 Å². The molecule has 122 valence electrons. The van der Waals surface area contributed by atoms with E-state index in [1.54, 1.807) is 11.8 Å². The number of anilines is 1. The quantitative estimate of drug-likeness (QED) is 0.809. The SMILES string of the molecule is CC1(C)CC(NC(=O)C2CCCS2)c2cc(N)ccc2O1.Cl. The number of carbonyl (C=O) groups excluding carboxylic acids is 1. The van der Waals surface area contributed by atoms with Crippen molar-refractivity contribution in [3.05, 3.63) is 23.8 Å². The predicted molar refractivity (Wildman–Crippen MR) is 93.8 cm³/mol. The molecule has 2 unspecified atom stereocenters. The highest BCUT2D eigenvalue weighted by atomic mass is 35.5. The first-order valence-electron chi connectivity index (χ1n) is 7.45. The fourth-order valence-corrected chi connectivity index (χ4v) is 4.22. The molecule has 3 N–H and O–H groups in total. The van der Waals surface area contributed by atoms with Gasteiger partial charge in [0.1, 0.15) is 11.4 Å². The largest absolute Gasteiger partial charge is 0.487 e. The van der Waals surface area contributed by atoms with Crippen LogP contribution in [-0.4, -0.2) is 22.5 Å². The average molecular weight is 343 g/mol.